The maximum absolute atomic E-state index is 11.8. The van der Waals surface area contributed by atoms with E-state index in [2.05, 4.69) is 115 Å². The largest absolute Gasteiger partial charge is 2.00 e. The molecule has 4 saturated carbocycles. The van der Waals surface area contributed by atoms with Crippen molar-refractivity contribution in [2.24, 2.45) is 27.6 Å². The van der Waals surface area contributed by atoms with Gasteiger partial charge in [-0.25, -0.2) is 5.57 Å². The monoisotopic (exact) mass is 614 g/mol. The number of amides is 1. The Kier molecular flexibility index (Phi) is 9.98. The molecule has 5 aliphatic rings. The van der Waals surface area contributed by atoms with Gasteiger partial charge >= 0.3 is 26.2 Å². The van der Waals surface area contributed by atoms with Crippen molar-refractivity contribution in [2.75, 3.05) is 0 Å². The van der Waals surface area contributed by atoms with Crippen molar-refractivity contribution in [1.82, 2.24) is 0 Å². The number of carbonyl (C=O) groups excluding carboxylic acids is 1. The van der Waals surface area contributed by atoms with Crippen LogP contribution < -0.4 is 10.4 Å². The van der Waals surface area contributed by atoms with Gasteiger partial charge in [0.1, 0.15) is 9.52 Å². The Hall–Kier alpha value is -1.51. The zero-order chi connectivity index (χ0) is 27.8. The van der Waals surface area contributed by atoms with Crippen molar-refractivity contribution < 1.29 is 31.0 Å². The van der Waals surface area contributed by atoms with Crippen LogP contribution in [0.4, 0.5) is 0 Å². The molecule has 2 aromatic carbocycles. The fourth-order valence-electron chi connectivity index (χ4n) is 8.99. The van der Waals surface area contributed by atoms with Crippen molar-refractivity contribution in [3.63, 3.8) is 0 Å². The van der Waals surface area contributed by atoms with Crippen molar-refractivity contribution in [3.8, 4) is 0 Å². The second-order valence-corrected chi connectivity index (χ2v) is 15.5. The summed E-state index contributed by atoms with van der Waals surface area (Å²) in [7, 11) is 0.271. The Bertz CT molecular complexity index is 1130. The third-order valence-electron chi connectivity index (χ3n) is 9.51. The van der Waals surface area contributed by atoms with Crippen LogP contribution in [0.3, 0.4) is 0 Å². The van der Waals surface area contributed by atoms with Gasteiger partial charge in [-0.2, -0.15) is 11.1 Å². The molecule has 0 spiro atoms. The van der Waals surface area contributed by atoms with E-state index in [1.807, 2.05) is 0 Å². The molecule has 0 heterocycles. The van der Waals surface area contributed by atoms with Crippen LogP contribution in [0.1, 0.15) is 87.0 Å². The van der Waals surface area contributed by atoms with E-state index in [1.54, 1.807) is 0 Å². The summed E-state index contributed by atoms with van der Waals surface area (Å²) in [6, 6.07) is 21.3. The van der Waals surface area contributed by atoms with Crippen LogP contribution in [0, 0.1) is 33.7 Å². The summed E-state index contributed by atoms with van der Waals surface area (Å²) < 4.78 is 0. The minimum Gasteiger partial charge on any atom is -0.667 e. The molecular weight excluding hydrogens is 570 g/mol. The van der Waals surface area contributed by atoms with Crippen molar-refractivity contribution in [1.29, 1.82) is 0 Å². The number of allylic oxidation sites excluding steroid dienone is 4. The fraction of sp³-hybridized carbons (Fsp3) is 0.514. The molecule has 2 aromatic rings. The first-order valence-corrected chi connectivity index (χ1v) is 15.4. The molecule has 1 radical (unpaired) electrons. The zero-order valence-corrected chi connectivity index (χ0v) is 28.7. The van der Waals surface area contributed by atoms with Crippen LogP contribution in [0.25, 0.3) is 5.73 Å². The first-order valence-electron chi connectivity index (χ1n) is 14.3. The van der Waals surface area contributed by atoms with Gasteiger partial charge in [0.25, 0.3) is 0 Å². The van der Waals surface area contributed by atoms with E-state index in [4.69, 9.17) is 5.73 Å². The molecule has 4 bridgehead atoms. The maximum atomic E-state index is 11.8. The van der Waals surface area contributed by atoms with E-state index < -0.39 is 0 Å². The Morgan fingerprint density at radius 1 is 0.769 bits per heavy atom. The summed E-state index contributed by atoms with van der Waals surface area (Å²) in [6.07, 6.45) is 10.1. The second kappa shape index (κ2) is 12.2. The molecule has 4 fully saturated rings. The molecule has 4 heteroatoms. The molecular formula is C35H46NOSiZr. The Morgan fingerprint density at radius 3 is 1.41 bits per heavy atom. The molecule has 39 heavy (non-hydrogen) atoms. The third-order valence-corrected chi connectivity index (χ3v) is 10.9. The molecule has 7 rings (SSSR count). The van der Waals surface area contributed by atoms with Gasteiger partial charge < -0.3 is 10.5 Å². The smallest absolute Gasteiger partial charge is 0.667 e. The number of carbonyl (C=O) groups is 1. The minimum atomic E-state index is -0.285. The first kappa shape index (κ1) is 32.0. The summed E-state index contributed by atoms with van der Waals surface area (Å²) in [5.41, 5.74) is 12.6. The van der Waals surface area contributed by atoms with E-state index in [1.165, 1.54) is 46.4 Å². The molecule has 205 valence electrons. The van der Waals surface area contributed by atoms with Crippen LogP contribution in [0.5, 0.6) is 0 Å². The van der Waals surface area contributed by atoms with Gasteiger partial charge in [-0.1, -0.05) is 118 Å². The zero-order valence-electron chi connectivity index (χ0n) is 25.1. The summed E-state index contributed by atoms with van der Waals surface area (Å²) in [6.45, 7) is 15.7. The van der Waals surface area contributed by atoms with Crippen LogP contribution in [-0.2, 0) is 31.0 Å². The van der Waals surface area contributed by atoms with E-state index in [9.17, 15) is 4.79 Å². The number of hydrogen-bond donors (Lipinski definition) is 0. The van der Waals surface area contributed by atoms with Gasteiger partial charge in [0.2, 0.25) is 0 Å². The normalized spacial score (nSPS) is 33.7. The number of benzene rings is 2. The van der Waals surface area contributed by atoms with Crippen LogP contribution in [0.2, 0.25) is 0 Å². The molecule has 0 aromatic heterocycles. The van der Waals surface area contributed by atoms with Crippen molar-refractivity contribution >= 4 is 25.8 Å². The molecule has 1 N–H and O–H groups in total. The molecule has 0 aliphatic heterocycles. The Balaban J connectivity index is 0.000000166. The van der Waals surface area contributed by atoms with Crippen LogP contribution in [0.15, 0.2) is 77.4 Å². The predicted molar refractivity (Wildman–Crippen MR) is 163 cm³/mol. The van der Waals surface area contributed by atoms with Crippen LogP contribution >= 0.6 is 0 Å². The summed E-state index contributed by atoms with van der Waals surface area (Å²) in [4.78, 5) is 11.8. The third kappa shape index (κ3) is 7.42. The molecule has 1 amide bonds. The second-order valence-electron chi connectivity index (χ2n) is 13.9. The van der Waals surface area contributed by atoms with Gasteiger partial charge in [0.15, 0.2) is 0 Å². The fourth-order valence-corrected chi connectivity index (χ4v) is 10.2. The standard InChI is InChI=1S/C14H23NO.C12H11Si.C9H13.Zr/c1-11-4-12(2)6-13(3,5-11)9-14(7-11,8-12)10(15)16;1-3-7-11(8-4-1)13-12-9-5-2-6-10-12;1-6-5-7(2)9(4)8(6)3;/h4-9H2,1-3H3,(H2,15,16);1-10,13H;6H,1-4H3;/q;;-1;+2/p-1. The average molecular weight is 616 g/mol. The van der Waals surface area contributed by atoms with Gasteiger partial charge in [-0.3, -0.25) is 6.08 Å². The Labute approximate surface area is 259 Å². The van der Waals surface area contributed by atoms with Crippen molar-refractivity contribution in [3.05, 3.63) is 89.2 Å². The molecule has 1 atom stereocenters. The van der Waals surface area contributed by atoms with E-state index >= 15 is 0 Å². The van der Waals surface area contributed by atoms with Gasteiger partial charge in [0, 0.05) is 5.41 Å². The molecule has 0 saturated heterocycles. The molecule has 1 unspecified atom stereocenters. The van der Waals surface area contributed by atoms with Gasteiger partial charge in [-0.15, -0.1) is 6.92 Å². The number of rotatable bonds is 3. The number of hydrogen-bond acceptors (Lipinski definition) is 1. The molecule has 5 aliphatic carbocycles. The van der Waals surface area contributed by atoms with Gasteiger partial charge in [0.05, 0.1) is 5.91 Å². The summed E-state index contributed by atoms with van der Waals surface area (Å²) in [5, 5.41) is 2.90. The predicted octanol–water partition coefficient (Wildman–Crippen LogP) is 7.75. The van der Waals surface area contributed by atoms with E-state index in [0.29, 0.717) is 22.2 Å². The minimum absolute atomic E-state index is 0. The number of nitrogens with one attached hydrogen (secondary N) is 1. The van der Waals surface area contributed by atoms with Gasteiger partial charge in [-0.05, 0) is 54.8 Å². The van der Waals surface area contributed by atoms with E-state index in [-0.39, 0.29) is 47.0 Å². The van der Waals surface area contributed by atoms with E-state index in [0.717, 1.165) is 19.3 Å². The van der Waals surface area contributed by atoms with Crippen LogP contribution in [-0.4, -0.2) is 15.4 Å². The summed E-state index contributed by atoms with van der Waals surface area (Å²) in [5.74, 6) is 0.278. The quantitative estimate of drug-likeness (QED) is 0.257. The molecule has 2 nitrogen and oxygen atoms in total. The average Bonchev–Trinajstić information content (AvgIpc) is 3.03. The SMILES string of the molecule is CC12CC3(C)CC(C)(C1)CC(C([NH-])=O)(C2)C3.CC1=[C-]C(C)C(C)=C1C.[Zr+2].c1ccc([SiH]c2ccccc2)cc1. The van der Waals surface area contributed by atoms with Crippen molar-refractivity contribution in [2.45, 2.75) is 87.0 Å². The maximum Gasteiger partial charge on any atom is 2.00 e. The Morgan fingerprint density at radius 2 is 1.15 bits per heavy atom. The summed E-state index contributed by atoms with van der Waals surface area (Å²) >= 11 is 0. The first-order chi connectivity index (χ1) is 17.8. The topological polar surface area (TPSA) is 40.9 Å².